The van der Waals surface area contributed by atoms with Gasteiger partial charge in [0.1, 0.15) is 0 Å². The van der Waals surface area contributed by atoms with E-state index in [-0.39, 0.29) is 24.0 Å². The van der Waals surface area contributed by atoms with E-state index in [2.05, 4.69) is 34.5 Å². The first-order valence-electron chi connectivity index (χ1n) is 8.19. The second-order valence-corrected chi connectivity index (χ2v) is 6.88. The molecular formula is C18H28N2O2. The number of aliphatic hydroxyl groups is 1. The van der Waals surface area contributed by atoms with Crippen molar-refractivity contribution in [2.24, 2.45) is 5.92 Å². The van der Waals surface area contributed by atoms with Crippen LogP contribution in [0.1, 0.15) is 38.7 Å². The number of likely N-dealkylation sites (tertiary alicyclic amines) is 1. The van der Waals surface area contributed by atoms with Crippen LogP contribution in [0, 0.1) is 5.92 Å². The maximum absolute atomic E-state index is 12.3. The molecule has 4 heteroatoms. The van der Waals surface area contributed by atoms with Gasteiger partial charge in [-0.15, -0.1) is 0 Å². The fourth-order valence-electron chi connectivity index (χ4n) is 2.97. The minimum atomic E-state index is -0.326. The van der Waals surface area contributed by atoms with Crippen LogP contribution in [-0.2, 0) is 11.3 Å². The van der Waals surface area contributed by atoms with Gasteiger partial charge in [0.2, 0.25) is 5.91 Å². The number of amides is 1. The number of carbonyl (C=O) groups is 1. The van der Waals surface area contributed by atoms with Gasteiger partial charge in [-0.3, -0.25) is 9.69 Å². The van der Waals surface area contributed by atoms with E-state index in [9.17, 15) is 4.79 Å². The topological polar surface area (TPSA) is 52.6 Å². The number of benzene rings is 1. The lowest BCUT2D eigenvalue weighted by molar-refractivity contribution is -0.128. The van der Waals surface area contributed by atoms with E-state index in [4.69, 9.17) is 5.11 Å². The summed E-state index contributed by atoms with van der Waals surface area (Å²) >= 11 is 0. The van der Waals surface area contributed by atoms with E-state index in [1.165, 1.54) is 5.56 Å². The molecule has 0 atom stereocenters. The molecule has 0 aromatic heterocycles. The molecule has 1 amide bonds. The number of hydrogen-bond donors (Lipinski definition) is 2. The minimum absolute atomic E-state index is 0.100. The van der Waals surface area contributed by atoms with E-state index in [1.807, 2.05) is 19.9 Å². The maximum atomic E-state index is 12.3. The number of nitrogens with one attached hydrogen (secondary N) is 1. The van der Waals surface area contributed by atoms with Crippen molar-refractivity contribution >= 4 is 5.91 Å². The fourth-order valence-corrected chi connectivity index (χ4v) is 2.97. The van der Waals surface area contributed by atoms with E-state index >= 15 is 0 Å². The monoisotopic (exact) mass is 304 g/mol. The highest BCUT2D eigenvalue weighted by Crippen LogP contribution is 2.20. The molecule has 0 aliphatic carbocycles. The predicted octanol–water partition coefficient (Wildman–Crippen LogP) is 2.18. The zero-order valence-corrected chi connectivity index (χ0v) is 13.7. The summed E-state index contributed by atoms with van der Waals surface area (Å²) < 4.78 is 0. The lowest BCUT2D eigenvalue weighted by Gasteiger charge is -2.34. The molecule has 1 aromatic rings. The van der Waals surface area contributed by atoms with Gasteiger partial charge in [-0.25, -0.2) is 0 Å². The van der Waals surface area contributed by atoms with Crippen LogP contribution in [0.25, 0.3) is 0 Å². The van der Waals surface area contributed by atoms with Gasteiger partial charge in [0, 0.05) is 24.6 Å². The summed E-state index contributed by atoms with van der Waals surface area (Å²) in [6.07, 6.45) is 2.41. The third-order valence-electron chi connectivity index (χ3n) is 4.41. The Morgan fingerprint density at radius 1 is 1.27 bits per heavy atom. The van der Waals surface area contributed by atoms with Gasteiger partial charge in [0.15, 0.2) is 0 Å². The number of carbonyl (C=O) groups excluding carboxylic acids is 1. The quantitative estimate of drug-likeness (QED) is 0.847. The highest BCUT2D eigenvalue weighted by molar-refractivity contribution is 5.79. The van der Waals surface area contributed by atoms with Crippen LogP contribution < -0.4 is 5.32 Å². The summed E-state index contributed by atoms with van der Waals surface area (Å²) in [6.45, 7) is 6.92. The third kappa shape index (κ3) is 5.11. The van der Waals surface area contributed by atoms with Gasteiger partial charge in [-0.05, 0) is 51.8 Å². The van der Waals surface area contributed by atoms with Crippen LogP contribution in [0.3, 0.4) is 0 Å². The van der Waals surface area contributed by atoms with Crippen LogP contribution in [0.4, 0.5) is 0 Å². The maximum Gasteiger partial charge on any atom is 0.223 e. The van der Waals surface area contributed by atoms with Gasteiger partial charge < -0.3 is 10.4 Å². The van der Waals surface area contributed by atoms with Gasteiger partial charge >= 0.3 is 0 Å². The van der Waals surface area contributed by atoms with Crippen LogP contribution in [0.2, 0.25) is 0 Å². The van der Waals surface area contributed by atoms with Crippen molar-refractivity contribution in [3.8, 4) is 0 Å². The number of rotatable bonds is 6. The average Bonchev–Trinajstić information content (AvgIpc) is 2.48. The fraction of sp³-hybridized carbons (Fsp3) is 0.611. The smallest absolute Gasteiger partial charge is 0.223 e. The molecule has 2 rings (SSSR count). The lowest BCUT2D eigenvalue weighted by atomic mass is 9.93. The van der Waals surface area contributed by atoms with E-state index in [0.29, 0.717) is 6.42 Å². The molecule has 0 bridgehead atoms. The number of hydrogen-bond acceptors (Lipinski definition) is 3. The molecule has 0 spiro atoms. The molecular weight excluding hydrogens is 276 g/mol. The average molecular weight is 304 g/mol. The Labute approximate surface area is 133 Å². The Balaban J connectivity index is 1.78. The van der Waals surface area contributed by atoms with E-state index < -0.39 is 0 Å². The largest absolute Gasteiger partial charge is 0.396 e. The van der Waals surface area contributed by atoms with Crippen molar-refractivity contribution in [2.75, 3.05) is 19.7 Å². The highest BCUT2D eigenvalue weighted by atomic mass is 16.3. The van der Waals surface area contributed by atoms with Crippen LogP contribution in [0.5, 0.6) is 0 Å². The molecule has 2 N–H and O–H groups in total. The standard InChI is InChI=1S/C18H28N2O2/c1-18(2,10-13-21)19-17(22)16-8-11-20(12-9-16)14-15-6-4-3-5-7-15/h3-7,16,21H,8-14H2,1-2H3,(H,19,22). The van der Waals surface area contributed by atoms with Crippen molar-refractivity contribution in [2.45, 2.75) is 45.2 Å². The second kappa shape index (κ2) is 7.75. The zero-order valence-electron chi connectivity index (χ0n) is 13.7. The molecule has 0 saturated carbocycles. The molecule has 122 valence electrons. The zero-order chi connectivity index (χ0) is 16.0. The van der Waals surface area contributed by atoms with Gasteiger partial charge in [-0.1, -0.05) is 30.3 Å². The van der Waals surface area contributed by atoms with Crippen molar-refractivity contribution in [1.82, 2.24) is 10.2 Å². The molecule has 1 aromatic carbocycles. The second-order valence-electron chi connectivity index (χ2n) is 6.88. The third-order valence-corrected chi connectivity index (χ3v) is 4.41. The first kappa shape index (κ1) is 17.0. The first-order chi connectivity index (χ1) is 10.5. The minimum Gasteiger partial charge on any atom is -0.396 e. The van der Waals surface area contributed by atoms with Crippen molar-refractivity contribution in [1.29, 1.82) is 0 Å². The van der Waals surface area contributed by atoms with Crippen molar-refractivity contribution < 1.29 is 9.90 Å². The molecule has 1 saturated heterocycles. The number of piperidine rings is 1. The van der Waals surface area contributed by atoms with Crippen LogP contribution in [0.15, 0.2) is 30.3 Å². The molecule has 1 fully saturated rings. The van der Waals surface area contributed by atoms with Crippen molar-refractivity contribution in [3.63, 3.8) is 0 Å². The number of nitrogens with zero attached hydrogens (tertiary/aromatic N) is 1. The molecule has 1 aliphatic rings. The van der Waals surface area contributed by atoms with Crippen LogP contribution in [-0.4, -0.2) is 41.1 Å². The van der Waals surface area contributed by atoms with Gasteiger partial charge in [0.05, 0.1) is 0 Å². The molecule has 0 radical (unpaired) electrons. The Hall–Kier alpha value is -1.39. The first-order valence-corrected chi connectivity index (χ1v) is 8.19. The van der Waals surface area contributed by atoms with Gasteiger partial charge in [-0.2, -0.15) is 0 Å². The summed E-state index contributed by atoms with van der Waals surface area (Å²) in [5.74, 6) is 0.239. The lowest BCUT2D eigenvalue weighted by Crippen LogP contribution is -2.48. The normalized spacial score (nSPS) is 17.4. The molecule has 22 heavy (non-hydrogen) atoms. The van der Waals surface area contributed by atoms with E-state index in [1.54, 1.807) is 0 Å². The highest BCUT2D eigenvalue weighted by Gasteiger charge is 2.28. The number of aliphatic hydroxyl groups excluding tert-OH is 1. The predicted molar refractivity (Wildman–Crippen MR) is 88.4 cm³/mol. The molecule has 4 nitrogen and oxygen atoms in total. The molecule has 1 aliphatic heterocycles. The Morgan fingerprint density at radius 3 is 2.50 bits per heavy atom. The summed E-state index contributed by atoms with van der Waals surface area (Å²) in [5.41, 5.74) is 1.00. The summed E-state index contributed by atoms with van der Waals surface area (Å²) in [6, 6.07) is 10.5. The van der Waals surface area contributed by atoms with Crippen LogP contribution >= 0.6 is 0 Å². The molecule has 0 unspecified atom stereocenters. The van der Waals surface area contributed by atoms with Gasteiger partial charge in [0.25, 0.3) is 0 Å². The van der Waals surface area contributed by atoms with Crippen molar-refractivity contribution in [3.05, 3.63) is 35.9 Å². The Morgan fingerprint density at radius 2 is 1.91 bits per heavy atom. The summed E-state index contributed by atoms with van der Waals surface area (Å²) in [5, 5.41) is 12.1. The summed E-state index contributed by atoms with van der Waals surface area (Å²) in [4.78, 5) is 14.8. The molecule has 1 heterocycles. The van der Waals surface area contributed by atoms with E-state index in [0.717, 1.165) is 32.5 Å². The SMILES string of the molecule is CC(C)(CCO)NC(=O)C1CCN(Cc2ccccc2)CC1. The Bertz CT molecular complexity index is 465. The Kier molecular flexibility index (Phi) is 5.98. The summed E-state index contributed by atoms with van der Waals surface area (Å²) in [7, 11) is 0.